The van der Waals surface area contributed by atoms with Gasteiger partial charge in [-0.2, -0.15) is 5.10 Å². The van der Waals surface area contributed by atoms with Gasteiger partial charge < -0.3 is 15.6 Å². The van der Waals surface area contributed by atoms with E-state index in [4.69, 9.17) is 10.3 Å². The van der Waals surface area contributed by atoms with Crippen LogP contribution in [0.4, 0.5) is 5.69 Å². The summed E-state index contributed by atoms with van der Waals surface area (Å²) < 4.78 is 6.62. The van der Waals surface area contributed by atoms with Gasteiger partial charge in [0.1, 0.15) is 11.5 Å². The molecule has 1 atom stereocenters. The number of hydrogen-bond donors (Lipinski definition) is 2. The van der Waals surface area contributed by atoms with Crippen LogP contribution in [0.3, 0.4) is 0 Å². The van der Waals surface area contributed by atoms with Crippen LogP contribution >= 0.6 is 0 Å². The number of primary amides is 1. The fourth-order valence-electron chi connectivity index (χ4n) is 4.63. The monoisotopic (exact) mass is 451 g/mol. The van der Waals surface area contributed by atoms with E-state index in [1.165, 1.54) is 4.68 Å². The lowest BCUT2D eigenvalue weighted by Crippen LogP contribution is -2.30. The van der Waals surface area contributed by atoms with Gasteiger partial charge in [0.15, 0.2) is 5.82 Å². The molecule has 4 rings (SSSR count). The molecule has 1 unspecified atom stereocenters. The van der Waals surface area contributed by atoms with Crippen LogP contribution in [0.25, 0.3) is 11.4 Å². The van der Waals surface area contributed by atoms with Gasteiger partial charge in [-0.3, -0.25) is 14.3 Å². The number of carbonyl (C=O) groups is 2. The maximum Gasteiger partial charge on any atom is 0.266 e. The molecule has 1 aliphatic rings. The first kappa shape index (κ1) is 22.6. The highest BCUT2D eigenvalue weighted by molar-refractivity contribution is 5.96. The highest BCUT2D eigenvalue weighted by atomic mass is 16.5. The highest BCUT2D eigenvalue weighted by Gasteiger charge is 2.35. The van der Waals surface area contributed by atoms with Crippen molar-refractivity contribution in [2.24, 2.45) is 24.6 Å². The highest BCUT2D eigenvalue weighted by Crippen LogP contribution is 2.38. The molecule has 1 saturated carbocycles. The molecule has 10 nitrogen and oxygen atoms in total. The molecule has 1 fully saturated rings. The van der Waals surface area contributed by atoms with Gasteiger partial charge in [-0.15, -0.1) is 0 Å². The molecular weight excluding hydrogens is 422 g/mol. The largest absolute Gasteiger partial charge is 0.364 e. The second-order valence-corrected chi connectivity index (χ2v) is 8.92. The van der Waals surface area contributed by atoms with Crippen LogP contribution in [0.5, 0.6) is 0 Å². The Bertz CT molecular complexity index is 1140. The minimum Gasteiger partial charge on any atom is -0.364 e. The molecule has 0 radical (unpaired) electrons. The van der Waals surface area contributed by atoms with E-state index in [2.05, 4.69) is 32.5 Å². The van der Waals surface area contributed by atoms with Crippen molar-refractivity contribution < 1.29 is 14.1 Å². The number of carbonyl (C=O) groups excluding carboxylic acids is 2. The normalized spacial score (nSPS) is 19.3. The van der Waals surface area contributed by atoms with Crippen molar-refractivity contribution in [3.05, 3.63) is 41.3 Å². The minimum absolute atomic E-state index is 0.124. The van der Waals surface area contributed by atoms with E-state index in [-0.39, 0.29) is 17.5 Å². The molecule has 10 heteroatoms. The third-order valence-electron chi connectivity index (χ3n) is 6.46. The molecule has 3 N–H and O–H groups in total. The van der Waals surface area contributed by atoms with Gasteiger partial charge in [-0.05, 0) is 44.6 Å². The molecule has 33 heavy (non-hydrogen) atoms. The van der Waals surface area contributed by atoms with E-state index in [0.29, 0.717) is 34.6 Å². The average Bonchev–Trinajstić information content (AvgIpc) is 3.32. The number of aryl methyl sites for hydroxylation is 3. The molecule has 1 aliphatic carbocycles. The molecule has 174 valence electrons. The van der Waals surface area contributed by atoms with E-state index >= 15 is 0 Å². The Labute approximate surface area is 192 Å². The number of amides is 2. The molecule has 3 aromatic heterocycles. The van der Waals surface area contributed by atoms with Gasteiger partial charge in [0.2, 0.25) is 5.91 Å². The van der Waals surface area contributed by atoms with Crippen LogP contribution in [0, 0.1) is 25.7 Å². The smallest absolute Gasteiger partial charge is 0.266 e. The Kier molecular flexibility index (Phi) is 6.26. The van der Waals surface area contributed by atoms with Gasteiger partial charge in [0.25, 0.3) is 5.91 Å². The van der Waals surface area contributed by atoms with Crippen LogP contribution in [0.2, 0.25) is 0 Å². The predicted molar refractivity (Wildman–Crippen MR) is 121 cm³/mol. The number of hydrogen-bond acceptors (Lipinski definition) is 7. The maximum absolute atomic E-state index is 13.4. The Hall–Kier alpha value is -3.56. The summed E-state index contributed by atoms with van der Waals surface area (Å²) in [5.41, 5.74) is 8.23. The standard InChI is InChI=1S/C23H29N7O3/c1-12-5-7-15(8-6-12)20(17-9-18(21(24)31)30(4)28-17)23(32)27-16-10-25-22(26-11-16)19-13(2)29-33-14(19)3/h9-12,15,20H,5-8H2,1-4H3,(H2,24,31)(H,27,32). The second-order valence-electron chi connectivity index (χ2n) is 8.92. The van der Waals surface area contributed by atoms with Crippen molar-refractivity contribution in [2.75, 3.05) is 5.32 Å². The first-order valence-corrected chi connectivity index (χ1v) is 11.1. The molecule has 0 aromatic carbocycles. The fraction of sp³-hybridized carbons (Fsp3) is 0.478. The quantitative estimate of drug-likeness (QED) is 0.586. The summed E-state index contributed by atoms with van der Waals surface area (Å²) in [4.78, 5) is 34.0. The Morgan fingerprint density at radius 3 is 2.39 bits per heavy atom. The van der Waals surface area contributed by atoms with Gasteiger partial charge in [-0.1, -0.05) is 24.9 Å². The van der Waals surface area contributed by atoms with Crippen molar-refractivity contribution in [3.63, 3.8) is 0 Å². The summed E-state index contributed by atoms with van der Waals surface area (Å²) in [6.45, 7) is 5.86. The zero-order valence-corrected chi connectivity index (χ0v) is 19.3. The number of anilines is 1. The molecule has 0 bridgehead atoms. The number of aromatic nitrogens is 5. The number of nitrogens with two attached hydrogens (primary N) is 1. The first-order chi connectivity index (χ1) is 15.7. The molecule has 0 spiro atoms. The lowest BCUT2D eigenvalue weighted by atomic mass is 9.75. The number of nitrogens with zero attached hydrogens (tertiary/aromatic N) is 5. The number of rotatable bonds is 6. The van der Waals surface area contributed by atoms with Crippen molar-refractivity contribution in [1.29, 1.82) is 0 Å². The minimum atomic E-state index is -0.573. The molecule has 0 aliphatic heterocycles. The molecule has 3 heterocycles. The summed E-state index contributed by atoms with van der Waals surface area (Å²) in [7, 11) is 1.66. The summed E-state index contributed by atoms with van der Waals surface area (Å²) in [5, 5.41) is 11.3. The van der Waals surface area contributed by atoms with E-state index < -0.39 is 11.8 Å². The summed E-state index contributed by atoms with van der Waals surface area (Å²) in [6.07, 6.45) is 7.09. The van der Waals surface area contributed by atoms with Gasteiger partial charge >= 0.3 is 0 Å². The van der Waals surface area contributed by atoms with E-state index in [1.807, 2.05) is 6.92 Å². The van der Waals surface area contributed by atoms with Gasteiger partial charge in [0.05, 0.1) is 41.0 Å². The molecule has 3 aromatic rings. The van der Waals surface area contributed by atoms with Crippen molar-refractivity contribution in [3.8, 4) is 11.4 Å². The third-order valence-corrected chi connectivity index (χ3v) is 6.46. The third kappa shape index (κ3) is 4.64. The van der Waals surface area contributed by atoms with Crippen molar-refractivity contribution in [2.45, 2.75) is 52.4 Å². The van der Waals surface area contributed by atoms with E-state index in [1.54, 1.807) is 32.4 Å². The lowest BCUT2D eigenvalue weighted by Gasteiger charge is -2.31. The van der Waals surface area contributed by atoms with Crippen LogP contribution in [-0.4, -0.2) is 36.7 Å². The van der Waals surface area contributed by atoms with Crippen molar-refractivity contribution >= 4 is 17.5 Å². The van der Waals surface area contributed by atoms with Crippen LogP contribution in [-0.2, 0) is 11.8 Å². The predicted octanol–water partition coefficient (Wildman–Crippen LogP) is 3.13. The summed E-state index contributed by atoms with van der Waals surface area (Å²) in [5.74, 6) is 0.612. The fourth-order valence-corrected chi connectivity index (χ4v) is 4.63. The Balaban J connectivity index is 1.59. The second kappa shape index (κ2) is 9.13. The van der Waals surface area contributed by atoms with Crippen LogP contribution < -0.4 is 11.1 Å². The Morgan fingerprint density at radius 1 is 1.18 bits per heavy atom. The molecule has 0 saturated heterocycles. The van der Waals surface area contributed by atoms with Gasteiger partial charge in [-0.25, -0.2) is 9.97 Å². The van der Waals surface area contributed by atoms with E-state index in [0.717, 1.165) is 31.2 Å². The maximum atomic E-state index is 13.4. The molecular formula is C23H29N7O3. The Morgan fingerprint density at radius 2 is 1.85 bits per heavy atom. The van der Waals surface area contributed by atoms with Gasteiger partial charge in [0, 0.05) is 7.05 Å². The zero-order valence-electron chi connectivity index (χ0n) is 19.3. The SMILES string of the molecule is Cc1noc(C)c1-c1ncc(NC(=O)C(c2cc(C(N)=O)n(C)n2)C2CCC(C)CC2)cn1. The average molecular weight is 452 g/mol. The number of nitrogens with one attached hydrogen (secondary N) is 1. The van der Waals surface area contributed by atoms with E-state index in [9.17, 15) is 9.59 Å². The summed E-state index contributed by atoms with van der Waals surface area (Å²) >= 11 is 0. The lowest BCUT2D eigenvalue weighted by molar-refractivity contribution is -0.119. The van der Waals surface area contributed by atoms with Crippen LogP contribution in [0.1, 0.15) is 66.2 Å². The van der Waals surface area contributed by atoms with Crippen molar-refractivity contribution in [1.82, 2.24) is 24.9 Å². The topological polar surface area (TPSA) is 142 Å². The summed E-state index contributed by atoms with van der Waals surface area (Å²) in [6, 6.07) is 1.63. The molecule has 2 amide bonds. The van der Waals surface area contributed by atoms with Crippen LogP contribution in [0.15, 0.2) is 23.0 Å². The zero-order chi connectivity index (χ0) is 23.7. The first-order valence-electron chi connectivity index (χ1n) is 11.1.